The highest BCUT2D eigenvalue weighted by atomic mass is 16.5. The van der Waals surface area contributed by atoms with Crippen LogP contribution in [0.4, 0.5) is 0 Å². The molecule has 5 heteroatoms. The Morgan fingerprint density at radius 2 is 1.83 bits per heavy atom. The minimum Gasteiger partial charge on any atom is -0.497 e. The normalized spacial score (nSPS) is 9.94. The Morgan fingerprint density at radius 1 is 1.22 bits per heavy atom. The molecule has 0 fully saturated rings. The number of ether oxygens (including phenoxy) is 2. The summed E-state index contributed by atoms with van der Waals surface area (Å²) in [4.78, 5) is 12.8. The van der Waals surface area contributed by atoms with E-state index in [1.165, 1.54) is 0 Å². The molecule has 0 saturated heterocycles. The minimum atomic E-state index is 0.0550. The number of methoxy groups -OCH3 is 1. The number of benzene rings is 1. The molecule has 0 aliphatic rings. The van der Waals surface area contributed by atoms with Crippen molar-refractivity contribution in [3.05, 3.63) is 24.3 Å². The van der Waals surface area contributed by atoms with Crippen LogP contribution in [0, 0.1) is 0 Å². The number of carbonyl (C=O) groups is 1. The minimum absolute atomic E-state index is 0.0550. The van der Waals surface area contributed by atoms with E-state index >= 15 is 0 Å². The third kappa shape index (κ3) is 5.05. The zero-order valence-corrected chi connectivity index (χ0v) is 11.1. The van der Waals surface area contributed by atoms with Crippen molar-refractivity contribution in [2.45, 2.75) is 0 Å². The largest absolute Gasteiger partial charge is 0.497 e. The quantitative estimate of drug-likeness (QED) is 0.728. The van der Waals surface area contributed by atoms with Gasteiger partial charge in [-0.05, 0) is 24.3 Å². The fourth-order valence-electron chi connectivity index (χ4n) is 1.27. The van der Waals surface area contributed by atoms with Crippen LogP contribution >= 0.6 is 0 Å². The van der Waals surface area contributed by atoms with E-state index in [0.717, 1.165) is 11.5 Å². The van der Waals surface area contributed by atoms with Crippen LogP contribution in [-0.2, 0) is 4.79 Å². The van der Waals surface area contributed by atoms with Crippen LogP contribution in [0.15, 0.2) is 24.3 Å². The number of nitrogens with zero attached hydrogens (tertiary/aromatic N) is 1. The van der Waals surface area contributed by atoms with E-state index in [4.69, 9.17) is 9.47 Å². The highest BCUT2D eigenvalue weighted by molar-refractivity contribution is 5.77. The lowest BCUT2D eigenvalue weighted by atomic mass is 10.3. The second kappa shape index (κ2) is 7.55. The van der Waals surface area contributed by atoms with E-state index in [9.17, 15) is 4.79 Å². The molecule has 0 saturated carbocycles. The molecule has 18 heavy (non-hydrogen) atoms. The molecule has 1 aromatic rings. The average Bonchev–Trinajstić information content (AvgIpc) is 2.38. The topological polar surface area (TPSA) is 50.8 Å². The molecule has 0 heterocycles. The van der Waals surface area contributed by atoms with Gasteiger partial charge >= 0.3 is 0 Å². The van der Waals surface area contributed by atoms with Gasteiger partial charge in [-0.3, -0.25) is 4.79 Å². The summed E-state index contributed by atoms with van der Waals surface area (Å²) in [7, 11) is 5.09. The number of nitrogens with one attached hydrogen (secondary N) is 1. The molecule has 1 amide bonds. The molecule has 1 rings (SSSR count). The predicted octanol–water partition coefficient (Wildman–Crippen LogP) is 0.752. The van der Waals surface area contributed by atoms with E-state index in [-0.39, 0.29) is 5.91 Å². The molecule has 0 aliphatic carbocycles. The zero-order valence-electron chi connectivity index (χ0n) is 11.1. The lowest BCUT2D eigenvalue weighted by molar-refractivity contribution is -0.127. The smallest absolute Gasteiger partial charge is 0.236 e. The molecule has 5 nitrogen and oxygen atoms in total. The van der Waals surface area contributed by atoms with Crippen molar-refractivity contribution in [2.24, 2.45) is 0 Å². The average molecular weight is 252 g/mol. The molecular weight excluding hydrogens is 232 g/mol. The Bertz CT molecular complexity index is 363. The number of hydrogen-bond donors (Lipinski definition) is 1. The van der Waals surface area contributed by atoms with Gasteiger partial charge in [-0.1, -0.05) is 0 Å². The summed E-state index contributed by atoms with van der Waals surface area (Å²) < 4.78 is 10.6. The molecule has 1 aromatic carbocycles. The van der Waals surface area contributed by atoms with E-state index in [0.29, 0.717) is 19.7 Å². The fraction of sp³-hybridized carbons (Fsp3) is 0.462. The van der Waals surface area contributed by atoms with Crippen LogP contribution < -0.4 is 14.8 Å². The van der Waals surface area contributed by atoms with E-state index in [1.807, 2.05) is 24.3 Å². The van der Waals surface area contributed by atoms with Crippen molar-refractivity contribution in [1.82, 2.24) is 10.2 Å². The second-order valence-electron chi connectivity index (χ2n) is 3.99. The van der Waals surface area contributed by atoms with E-state index < -0.39 is 0 Å². The standard InChI is InChI=1S/C13H20N2O3/c1-15(2)13(16)10-14-8-9-18-12-6-4-11(17-3)5-7-12/h4-7,14H,8-10H2,1-3H3. The van der Waals surface area contributed by atoms with Gasteiger partial charge in [0.2, 0.25) is 5.91 Å². The lowest BCUT2D eigenvalue weighted by Crippen LogP contribution is -2.34. The monoisotopic (exact) mass is 252 g/mol. The summed E-state index contributed by atoms with van der Waals surface area (Å²) >= 11 is 0. The molecule has 0 aliphatic heterocycles. The predicted molar refractivity (Wildman–Crippen MR) is 70.1 cm³/mol. The van der Waals surface area contributed by atoms with Crippen molar-refractivity contribution in [2.75, 3.05) is 40.9 Å². The van der Waals surface area contributed by atoms with Crippen molar-refractivity contribution in [1.29, 1.82) is 0 Å². The Hall–Kier alpha value is -1.75. The molecule has 0 unspecified atom stereocenters. The lowest BCUT2D eigenvalue weighted by Gasteiger charge is -2.11. The Labute approximate surface area is 108 Å². The first-order valence-electron chi connectivity index (χ1n) is 5.81. The first kappa shape index (κ1) is 14.3. The molecule has 100 valence electrons. The van der Waals surface area contributed by atoms with Gasteiger partial charge in [-0.15, -0.1) is 0 Å². The molecule has 0 aromatic heterocycles. The van der Waals surface area contributed by atoms with Gasteiger partial charge in [0.15, 0.2) is 0 Å². The summed E-state index contributed by atoms with van der Waals surface area (Å²) in [6.07, 6.45) is 0. The van der Waals surface area contributed by atoms with Gasteiger partial charge in [0, 0.05) is 20.6 Å². The third-order valence-electron chi connectivity index (χ3n) is 2.38. The van der Waals surface area contributed by atoms with Crippen molar-refractivity contribution >= 4 is 5.91 Å². The Balaban J connectivity index is 2.15. The van der Waals surface area contributed by atoms with Gasteiger partial charge < -0.3 is 19.7 Å². The highest BCUT2D eigenvalue weighted by Gasteiger charge is 2.01. The number of rotatable bonds is 7. The highest BCUT2D eigenvalue weighted by Crippen LogP contribution is 2.16. The van der Waals surface area contributed by atoms with E-state index in [2.05, 4.69) is 5.32 Å². The summed E-state index contributed by atoms with van der Waals surface area (Å²) in [6, 6.07) is 7.39. The first-order chi connectivity index (χ1) is 8.63. The Morgan fingerprint density at radius 3 is 2.39 bits per heavy atom. The summed E-state index contributed by atoms with van der Waals surface area (Å²) in [5.74, 6) is 1.65. The molecule has 0 bridgehead atoms. The SMILES string of the molecule is COc1ccc(OCCNCC(=O)N(C)C)cc1. The van der Waals surface area contributed by atoms with Crippen LogP contribution in [0.3, 0.4) is 0 Å². The number of amides is 1. The molecule has 1 N–H and O–H groups in total. The molecule has 0 atom stereocenters. The van der Waals surface area contributed by atoms with Crippen molar-refractivity contribution < 1.29 is 14.3 Å². The Kier molecular flexibility index (Phi) is 6.00. The molecule has 0 radical (unpaired) electrons. The van der Waals surface area contributed by atoms with Crippen LogP contribution in [0.25, 0.3) is 0 Å². The summed E-state index contributed by atoms with van der Waals surface area (Å²) in [5.41, 5.74) is 0. The van der Waals surface area contributed by atoms with Crippen LogP contribution in [0.2, 0.25) is 0 Å². The molecule has 0 spiro atoms. The van der Waals surface area contributed by atoms with Gasteiger partial charge in [-0.2, -0.15) is 0 Å². The van der Waals surface area contributed by atoms with Gasteiger partial charge in [-0.25, -0.2) is 0 Å². The van der Waals surface area contributed by atoms with Gasteiger partial charge in [0.05, 0.1) is 13.7 Å². The van der Waals surface area contributed by atoms with Gasteiger partial charge in [0.1, 0.15) is 18.1 Å². The number of hydrogen-bond acceptors (Lipinski definition) is 4. The summed E-state index contributed by atoms with van der Waals surface area (Å²) in [6.45, 7) is 1.48. The maximum atomic E-state index is 11.3. The molecular formula is C13H20N2O3. The van der Waals surface area contributed by atoms with Crippen LogP contribution in [-0.4, -0.2) is 51.7 Å². The zero-order chi connectivity index (χ0) is 13.4. The van der Waals surface area contributed by atoms with Crippen molar-refractivity contribution in [3.8, 4) is 11.5 Å². The second-order valence-corrected chi connectivity index (χ2v) is 3.99. The fourth-order valence-corrected chi connectivity index (χ4v) is 1.27. The van der Waals surface area contributed by atoms with Crippen LogP contribution in [0.5, 0.6) is 11.5 Å². The maximum absolute atomic E-state index is 11.3. The first-order valence-corrected chi connectivity index (χ1v) is 5.81. The third-order valence-corrected chi connectivity index (χ3v) is 2.38. The van der Waals surface area contributed by atoms with Crippen molar-refractivity contribution in [3.63, 3.8) is 0 Å². The van der Waals surface area contributed by atoms with Gasteiger partial charge in [0.25, 0.3) is 0 Å². The number of likely N-dealkylation sites (N-methyl/N-ethyl adjacent to an activating group) is 1. The maximum Gasteiger partial charge on any atom is 0.236 e. The van der Waals surface area contributed by atoms with Crippen LogP contribution in [0.1, 0.15) is 0 Å². The number of carbonyl (C=O) groups excluding carboxylic acids is 1. The summed E-state index contributed by atoms with van der Waals surface area (Å²) in [5, 5.41) is 3.02. The van der Waals surface area contributed by atoms with E-state index in [1.54, 1.807) is 26.1 Å².